The lowest BCUT2D eigenvalue weighted by Crippen LogP contribution is -2.08. The zero-order valence-corrected chi connectivity index (χ0v) is 8.83. The van der Waals surface area contributed by atoms with E-state index in [1.165, 1.54) is 10.9 Å². The molecule has 0 radical (unpaired) electrons. The fourth-order valence-electron chi connectivity index (χ4n) is 0.649. The van der Waals surface area contributed by atoms with Crippen LogP contribution in [0.5, 0.6) is 0 Å². The van der Waals surface area contributed by atoms with Crippen molar-refractivity contribution in [2.45, 2.75) is 5.88 Å². The number of hydrogen-bond acceptors (Lipinski definition) is 3. The van der Waals surface area contributed by atoms with E-state index in [0.717, 1.165) is 3.57 Å². The van der Waals surface area contributed by atoms with Crippen molar-refractivity contribution in [2.24, 2.45) is 0 Å². The molecule has 1 aromatic rings. The van der Waals surface area contributed by atoms with Gasteiger partial charge in [-0.25, -0.2) is 8.42 Å². The van der Waals surface area contributed by atoms with Crippen LogP contribution in [0.1, 0.15) is 0 Å². The first-order chi connectivity index (χ1) is 4.97. The summed E-state index contributed by atoms with van der Waals surface area (Å²) in [6.07, 6.45) is 4.48. The van der Waals surface area contributed by atoms with E-state index in [-0.39, 0.29) is 5.88 Å². The summed E-state index contributed by atoms with van der Waals surface area (Å²) in [6.45, 7) is 0. The van der Waals surface area contributed by atoms with Crippen LogP contribution in [-0.4, -0.2) is 24.5 Å². The summed E-state index contributed by atoms with van der Waals surface area (Å²) in [5.74, 6) is -0.0456. The van der Waals surface area contributed by atoms with Gasteiger partial charge in [0, 0.05) is 12.5 Å². The Morgan fingerprint density at radius 2 is 2.36 bits per heavy atom. The van der Waals surface area contributed by atoms with Crippen LogP contribution in [0.25, 0.3) is 0 Å². The van der Waals surface area contributed by atoms with Crippen molar-refractivity contribution in [1.82, 2.24) is 9.78 Å². The third-order valence-corrected chi connectivity index (χ3v) is 2.26. The second-order valence-electron chi connectivity index (χ2n) is 2.25. The molecule has 0 atom stereocenters. The van der Waals surface area contributed by atoms with Gasteiger partial charge >= 0.3 is 0 Å². The van der Waals surface area contributed by atoms with Crippen LogP contribution in [0, 0.1) is 3.57 Å². The molecule has 0 saturated heterocycles. The molecule has 0 N–H and O–H groups in total. The molecule has 1 heterocycles. The summed E-state index contributed by atoms with van der Waals surface area (Å²) >= 11 is 2.07. The van der Waals surface area contributed by atoms with Crippen LogP contribution in [0.4, 0.5) is 0 Å². The summed E-state index contributed by atoms with van der Waals surface area (Å²) in [7, 11) is -2.97. The van der Waals surface area contributed by atoms with Gasteiger partial charge in [0.15, 0.2) is 9.84 Å². The molecule has 1 aromatic heterocycles. The number of halogens is 1. The van der Waals surface area contributed by atoms with Gasteiger partial charge in [-0.05, 0) is 22.6 Å². The highest BCUT2D eigenvalue weighted by atomic mass is 127. The minimum absolute atomic E-state index is 0.0456. The Morgan fingerprint density at radius 1 is 1.73 bits per heavy atom. The first kappa shape index (κ1) is 8.98. The highest BCUT2D eigenvalue weighted by Crippen LogP contribution is 2.01. The molecule has 6 heteroatoms. The second-order valence-corrected chi connectivity index (χ2v) is 5.61. The van der Waals surface area contributed by atoms with Crippen LogP contribution in [0.3, 0.4) is 0 Å². The molecule has 0 aromatic carbocycles. The molecular weight excluding hydrogens is 279 g/mol. The summed E-state index contributed by atoms with van der Waals surface area (Å²) in [5, 5.41) is 3.83. The lowest BCUT2D eigenvalue weighted by molar-refractivity contribution is 0.581. The number of nitrogens with zero attached hydrogens (tertiary/aromatic N) is 2. The second kappa shape index (κ2) is 3.10. The molecule has 0 fully saturated rings. The summed E-state index contributed by atoms with van der Waals surface area (Å²) < 4.78 is 23.8. The van der Waals surface area contributed by atoms with Crippen LogP contribution >= 0.6 is 22.6 Å². The average molecular weight is 286 g/mol. The quantitative estimate of drug-likeness (QED) is 0.743. The Labute approximate surface area is 78.7 Å². The van der Waals surface area contributed by atoms with E-state index in [1.54, 1.807) is 12.4 Å². The Bertz CT molecular complexity index is 343. The number of rotatable bonds is 2. The van der Waals surface area contributed by atoms with Crippen molar-refractivity contribution < 1.29 is 8.42 Å². The Hall–Kier alpha value is -0.110. The van der Waals surface area contributed by atoms with Gasteiger partial charge in [-0.3, -0.25) is 4.68 Å². The van der Waals surface area contributed by atoms with E-state index in [0.29, 0.717) is 0 Å². The van der Waals surface area contributed by atoms with Gasteiger partial charge < -0.3 is 0 Å². The van der Waals surface area contributed by atoms with E-state index in [1.807, 2.05) is 0 Å². The lowest BCUT2D eigenvalue weighted by atomic mass is 10.8. The van der Waals surface area contributed by atoms with Gasteiger partial charge in [-0.1, -0.05) is 0 Å². The first-order valence-corrected chi connectivity index (χ1v) is 5.97. The van der Waals surface area contributed by atoms with Crippen LogP contribution in [-0.2, 0) is 15.7 Å². The van der Waals surface area contributed by atoms with Crippen LogP contribution < -0.4 is 0 Å². The van der Waals surface area contributed by atoms with E-state index in [2.05, 4.69) is 27.7 Å². The molecule has 0 spiro atoms. The fourth-order valence-corrected chi connectivity index (χ4v) is 1.72. The minimum Gasteiger partial charge on any atom is -0.256 e. The lowest BCUT2D eigenvalue weighted by Gasteiger charge is -1.96. The van der Waals surface area contributed by atoms with Gasteiger partial charge in [0.25, 0.3) is 0 Å². The summed E-state index contributed by atoms with van der Waals surface area (Å²) in [4.78, 5) is 0. The highest BCUT2D eigenvalue weighted by molar-refractivity contribution is 14.1. The third-order valence-electron chi connectivity index (χ3n) is 0.969. The molecule has 0 amide bonds. The van der Waals surface area contributed by atoms with E-state index in [9.17, 15) is 8.42 Å². The maximum Gasteiger partial charge on any atom is 0.167 e. The molecule has 1 rings (SSSR count). The molecule has 0 bridgehead atoms. The van der Waals surface area contributed by atoms with Gasteiger partial charge in [0.2, 0.25) is 0 Å². The molecule has 4 nitrogen and oxygen atoms in total. The van der Waals surface area contributed by atoms with Crippen molar-refractivity contribution in [3.05, 3.63) is 16.0 Å². The fraction of sp³-hybridized carbons (Fsp3) is 0.400. The summed E-state index contributed by atoms with van der Waals surface area (Å²) in [5.41, 5.74) is 0. The minimum atomic E-state index is -2.97. The average Bonchev–Trinajstić information content (AvgIpc) is 2.10. The van der Waals surface area contributed by atoms with Crippen molar-refractivity contribution >= 4 is 32.4 Å². The molecular formula is C5H7IN2O2S. The van der Waals surface area contributed by atoms with Gasteiger partial charge in [-0.2, -0.15) is 5.10 Å². The maximum absolute atomic E-state index is 10.7. The summed E-state index contributed by atoms with van der Waals surface area (Å²) in [6, 6.07) is 0. The molecule has 0 aliphatic carbocycles. The Balaban J connectivity index is 2.81. The molecule has 0 saturated carbocycles. The predicted octanol–water partition coefficient (Wildman–Crippen LogP) is 0.490. The normalized spacial score (nSPS) is 11.8. The van der Waals surface area contributed by atoms with E-state index in [4.69, 9.17) is 0 Å². The first-order valence-electron chi connectivity index (χ1n) is 2.83. The maximum atomic E-state index is 10.7. The van der Waals surface area contributed by atoms with Crippen molar-refractivity contribution in [3.8, 4) is 0 Å². The van der Waals surface area contributed by atoms with Gasteiger partial charge in [0.1, 0.15) is 5.88 Å². The molecule has 0 unspecified atom stereocenters. The molecule has 0 aliphatic heterocycles. The van der Waals surface area contributed by atoms with Crippen molar-refractivity contribution in [2.75, 3.05) is 6.26 Å². The highest BCUT2D eigenvalue weighted by Gasteiger charge is 2.03. The van der Waals surface area contributed by atoms with Gasteiger partial charge in [-0.15, -0.1) is 0 Å². The SMILES string of the molecule is CS(=O)(=O)Cn1cc(I)cn1. The number of sulfone groups is 1. The molecule has 62 valence electrons. The number of aromatic nitrogens is 2. The number of hydrogen-bond donors (Lipinski definition) is 0. The predicted molar refractivity (Wildman–Crippen MR) is 49.8 cm³/mol. The van der Waals surface area contributed by atoms with Crippen LogP contribution in [0.15, 0.2) is 12.4 Å². The standard InChI is InChI=1S/C5H7IN2O2S/c1-11(9,10)4-8-3-5(6)2-7-8/h2-3H,4H2,1H3. The zero-order chi connectivity index (χ0) is 8.48. The Morgan fingerprint density at radius 3 is 2.73 bits per heavy atom. The zero-order valence-electron chi connectivity index (χ0n) is 5.86. The van der Waals surface area contributed by atoms with Crippen molar-refractivity contribution in [3.63, 3.8) is 0 Å². The van der Waals surface area contributed by atoms with Crippen molar-refractivity contribution in [1.29, 1.82) is 0 Å². The monoisotopic (exact) mass is 286 g/mol. The molecule has 0 aliphatic rings. The smallest absolute Gasteiger partial charge is 0.167 e. The largest absolute Gasteiger partial charge is 0.256 e. The third kappa shape index (κ3) is 3.19. The van der Waals surface area contributed by atoms with E-state index < -0.39 is 9.84 Å². The molecule has 11 heavy (non-hydrogen) atoms. The topological polar surface area (TPSA) is 52.0 Å². The van der Waals surface area contributed by atoms with E-state index >= 15 is 0 Å². The Kier molecular flexibility index (Phi) is 2.53. The van der Waals surface area contributed by atoms with Gasteiger partial charge in [0.05, 0.1) is 9.77 Å². The van der Waals surface area contributed by atoms with Crippen LogP contribution in [0.2, 0.25) is 0 Å².